The van der Waals surface area contributed by atoms with Crippen LogP contribution in [-0.2, 0) is 11.3 Å². The third-order valence-electron chi connectivity index (χ3n) is 1.19. The first-order valence-electron chi connectivity index (χ1n) is 3.15. The third-order valence-corrected chi connectivity index (χ3v) is 1.19. The molecule has 0 unspecified atom stereocenters. The highest BCUT2D eigenvalue weighted by Crippen LogP contribution is 2.05. The van der Waals surface area contributed by atoms with Gasteiger partial charge in [-0.05, 0) is 0 Å². The summed E-state index contributed by atoms with van der Waals surface area (Å²) in [7, 11) is 1.26. The van der Waals surface area contributed by atoms with Crippen LogP contribution in [0.4, 0.5) is 0 Å². The molecule has 6 nitrogen and oxygen atoms in total. The number of nitrogens with zero attached hydrogens (tertiary/aromatic N) is 2. The minimum Gasteiger partial charge on any atom is -0.464 e. The Hall–Kier alpha value is -1.72. The molecule has 0 fully saturated rings. The zero-order chi connectivity index (χ0) is 8.97. The van der Waals surface area contributed by atoms with E-state index in [1.807, 2.05) is 0 Å². The Morgan fingerprint density at radius 2 is 2.67 bits per heavy atom. The highest BCUT2D eigenvalue weighted by molar-refractivity contribution is 5.86. The van der Waals surface area contributed by atoms with Crippen LogP contribution in [0.3, 0.4) is 0 Å². The van der Waals surface area contributed by atoms with E-state index >= 15 is 0 Å². The maximum absolute atomic E-state index is 10.8. The van der Waals surface area contributed by atoms with Crippen molar-refractivity contribution in [2.75, 3.05) is 7.11 Å². The molecule has 0 saturated heterocycles. The fourth-order valence-electron chi connectivity index (χ4n) is 0.666. The van der Waals surface area contributed by atoms with Gasteiger partial charge in [-0.2, -0.15) is 5.11 Å². The Morgan fingerprint density at radius 3 is 3.25 bits per heavy atom. The van der Waals surface area contributed by atoms with Crippen LogP contribution in [0, 0.1) is 5.53 Å². The van der Waals surface area contributed by atoms with Crippen molar-refractivity contribution in [2.24, 2.45) is 5.11 Å². The lowest BCUT2D eigenvalue weighted by Gasteiger charge is -1.88. The van der Waals surface area contributed by atoms with Gasteiger partial charge >= 0.3 is 5.97 Å². The molecule has 6 heteroatoms. The number of hydrogen-bond donors (Lipinski definition) is 1. The number of esters is 1. The average Bonchev–Trinajstić information content (AvgIpc) is 2.52. The second-order valence-electron chi connectivity index (χ2n) is 1.99. The highest BCUT2D eigenvalue weighted by Gasteiger charge is 2.11. The van der Waals surface area contributed by atoms with Gasteiger partial charge in [0.15, 0.2) is 11.5 Å². The van der Waals surface area contributed by atoms with Crippen molar-refractivity contribution in [2.45, 2.75) is 6.54 Å². The van der Waals surface area contributed by atoms with Gasteiger partial charge in [-0.15, -0.1) is 0 Å². The van der Waals surface area contributed by atoms with E-state index in [1.54, 1.807) is 0 Å². The molecule has 0 spiro atoms. The largest absolute Gasteiger partial charge is 0.464 e. The van der Waals surface area contributed by atoms with Crippen LogP contribution in [-0.4, -0.2) is 18.2 Å². The van der Waals surface area contributed by atoms with Crippen molar-refractivity contribution < 1.29 is 14.1 Å². The number of carbonyl (C=O) groups is 1. The summed E-state index contributed by atoms with van der Waals surface area (Å²) in [5.41, 5.74) is 6.62. The van der Waals surface area contributed by atoms with E-state index in [1.165, 1.54) is 13.2 Å². The standard InChI is InChI=1S/C6H7N3O3/c1-11-6(10)5-2-4(3-8-7)12-9-5/h2,7H,3H2,1H3. The van der Waals surface area contributed by atoms with Crippen molar-refractivity contribution in [3.8, 4) is 0 Å². The molecule has 0 aliphatic carbocycles. The molecule has 0 radical (unpaired) electrons. The first-order chi connectivity index (χ1) is 5.77. The second-order valence-corrected chi connectivity index (χ2v) is 1.99. The number of hydrogen-bond acceptors (Lipinski definition) is 6. The lowest BCUT2D eigenvalue weighted by atomic mass is 10.4. The molecular weight excluding hydrogens is 162 g/mol. The van der Waals surface area contributed by atoms with Gasteiger partial charge in [0, 0.05) is 6.07 Å². The van der Waals surface area contributed by atoms with E-state index in [4.69, 9.17) is 5.53 Å². The van der Waals surface area contributed by atoms with Crippen LogP contribution in [0.5, 0.6) is 0 Å². The molecule has 1 heterocycles. The van der Waals surface area contributed by atoms with Gasteiger partial charge in [-0.3, -0.25) is 0 Å². The molecule has 12 heavy (non-hydrogen) atoms. The smallest absolute Gasteiger partial charge is 0.360 e. The molecule has 1 rings (SSSR count). The highest BCUT2D eigenvalue weighted by atomic mass is 16.5. The van der Waals surface area contributed by atoms with Crippen molar-refractivity contribution in [3.05, 3.63) is 17.5 Å². The van der Waals surface area contributed by atoms with Gasteiger partial charge in [0.2, 0.25) is 0 Å². The Kier molecular flexibility index (Phi) is 2.52. The third kappa shape index (κ3) is 1.66. The minimum atomic E-state index is -0.560. The second kappa shape index (κ2) is 3.61. The van der Waals surface area contributed by atoms with Crippen LogP contribution < -0.4 is 0 Å². The number of rotatable bonds is 3. The molecule has 0 aliphatic heterocycles. The molecular formula is C6H7N3O3. The SMILES string of the molecule is COC(=O)c1cc(CN=N)on1. The number of aromatic nitrogens is 1. The van der Waals surface area contributed by atoms with Crippen molar-refractivity contribution >= 4 is 5.97 Å². The summed E-state index contributed by atoms with van der Waals surface area (Å²) < 4.78 is 9.05. The lowest BCUT2D eigenvalue weighted by Crippen LogP contribution is -2.00. The summed E-state index contributed by atoms with van der Waals surface area (Å²) in [5.74, 6) is -0.194. The van der Waals surface area contributed by atoms with E-state index in [9.17, 15) is 4.79 Å². The average molecular weight is 169 g/mol. The van der Waals surface area contributed by atoms with Crippen LogP contribution >= 0.6 is 0 Å². The Labute approximate surface area is 68.0 Å². The number of ether oxygens (including phenoxy) is 1. The molecule has 0 saturated carbocycles. The van der Waals surface area contributed by atoms with E-state index in [-0.39, 0.29) is 12.2 Å². The predicted octanol–water partition coefficient (Wildman–Crippen LogP) is 0.992. The van der Waals surface area contributed by atoms with Crippen LogP contribution in [0.1, 0.15) is 16.2 Å². The maximum Gasteiger partial charge on any atom is 0.360 e. The van der Waals surface area contributed by atoms with E-state index in [2.05, 4.69) is 19.5 Å². The molecule has 0 aliphatic rings. The Morgan fingerprint density at radius 1 is 1.92 bits per heavy atom. The summed E-state index contributed by atoms with van der Waals surface area (Å²) in [6, 6.07) is 1.39. The quantitative estimate of drug-likeness (QED) is 0.539. The van der Waals surface area contributed by atoms with Crippen LogP contribution in [0.25, 0.3) is 0 Å². The van der Waals surface area contributed by atoms with Crippen LogP contribution in [0.2, 0.25) is 0 Å². The lowest BCUT2D eigenvalue weighted by molar-refractivity contribution is 0.0589. The molecule has 0 amide bonds. The summed E-state index contributed by atoms with van der Waals surface area (Å²) in [6.07, 6.45) is 0. The normalized spacial score (nSPS) is 9.42. The van der Waals surface area contributed by atoms with Gasteiger partial charge in [-0.1, -0.05) is 5.16 Å². The van der Waals surface area contributed by atoms with E-state index in [0.717, 1.165) is 0 Å². The topological polar surface area (TPSA) is 88.5 Å². The molecule has 64 valence electrons. The fourth-order valence-corrected chi connectivity index (χ4v) is 0.666. The molecule has 1 N–H and O–H groups in total. The van der Waals surface area contributed by atoms with Crippen molar-refractivity contribution in [1.29, 1.82) is 5.53 Å². The predicted molar refractivity (Wildman–Crippen MR) is 36.7 cm³/mol. The fraction of sp³-hybridized carbons (Fsp3) is 0.333. The van der Waals surface area contributed by atoms with E-state index in [0.29, 0.717) is 5.76 Å². The van der Waals surface area contributed by atoms with Crippen molar-refractivity contribution in [3.63, 3.8) is 0 Å². The van der Waals surface area contributed by atoms with Crippen LogP contribution in [0.15, 0.2) is 15.7 Å². The van der Waals surface area contributed by atoms with E-state index < -0.39 is 5.97 Å². The van der Waals surface area contributed by atoms with Gasteiger partial charge in [0.05, 0.1) is 7.11 Å². The minimum absolute atomic E-state index is 0.0873. The zero-order valence-corrected chi connectivity index (χ0v) is 6.40. The van der Waals surface area contributed by atoms with Gasteiger partial charge in [0.25, 0.3) is 0 Å². The summed E-state index contributed by atoms with van der Waals surface area (Å²) in [5, 5.41) is 6.48. The molecule has 1 aromatic heterocycles. The Bertz CT molecular complexity index is 294. The zero-order valence-electron chi connectivity index (χ0n) is 6.40. The number of nitrogens with one attached hydrogen (secondary N) is 1. The number of carbonyl (C=O) groups excluding carboxylic acids is 1. The number of methoxy groups -OCH3 is 1. The summed E-state index contributed by atoms with van der Waals surface area (Å²) in [6.45, 7) is 0.0873. The first-order valence-corrected chi connectivity index (χ1v) is 3.15. The van der Waals surface area contributed by atoms with Crippen molar-refractivity contribution in [1.82, 2.24) is 5.16 Å². The Balaban J connectivity index is 2.76. The molecule has 0 aromatic carbocycles. The summed E-state index contributed by atoms with van der Waals surface area (Å²) in [4.78, 5) is 10.8. The molecule has 0 bridgehead atoms. The molecule has 0 atom stereocenters. The maximum atomic E-state index is 10.8. The van der Waals surface area contributed by atoms with Gasteiger partial charge in [-0.25, -0.2) is 10.3 Å². The summed E-state index contributed by atoms with van der Waals surface area (Å²) >= 11 is 0. The van der Waals surface area contributed by atoms with Gasteiger partial charge < -0.3 is 9.26 Å². The first kappa shape index (κ1) is 8.38. The van der Waals surface area contributed by atoms with Gasteiger partial charge in [0.1, 0.15) is 6.54 Å². The molecule has 1 aromatic rings. The monoisotopic (exact) mass is 169 g/mol.